The number of hydrogen-bond acceptors (Lipinski definition) is 4. The third kappa shape index (κ3) is 4.39. The Morgan fingerprint density at radius 1 is 1.29 bits per heavy atom. The maximum absolute atomic E-state index is 12.5. The Morgan fingerprint density at radius 3 is 2.86 bits per heavy atom. The summed E-state index contributed by atoms with van der Waals surface area (Å²) >= 11 is 0. The number of carbonyl (C=O) groups is 2. The Kier molecular flexibility index (Phi) is 5.97. The van der Waals surface area contributed by atoms with Crippen LogP contribution in [0.3, 0.4) is 0 Å². The minimum Gasteiger partial charge on any atom is -0.381 e. The molecule has 4 rings (SSSR count). The molecule has 2 atom stereocenters. The Bertz CT molecular complexity index is 685. The van der Waals surface area contributed by atoms with Crippen molar-refractivity contribution in [3.63, 3.8) is 0 Å². The van der Waals surface area contributed by atoms with Gasteiger partial charge in [0.25, 0.3) is 0 Å². The van der Waals surface area contributed by atoms with Crippen molar-refractivity contribution in [2.75, 3.05) is 56.2 Å². The lowest BCUT2D eigenvalue weighted by molar-refractivity contribution is 0.135. The quantitative estimate of drug-likeness (QED) is 0.695. The minimum atomic E-state index is -0.217. The molecule has 0 aromatic heterocycles. The number of ether oxygens (including phenoxy) is 1. The number of amides is 4. The van der Waals surface area contributed by atoms with Crippen molar-refractivity contribution in [2.45, 2.75) is 25.3 Å². The molecule has 0 spiro atoms. The van der Waals surface area contributed by atoms with Gasteiger partial charge in [-0.25, -0.2) is 9.59 Å². The van der Waals surface area contributed by atoms with Crippen LogP contribution in [0.15, 0.2) is 24.3 Å². The lowest BCUT2D eigenvalue weighted by Crippen LogP contribution is -2.48. The molecule has 0 unspecified atom stereocenters. The molecule has 1 aromatic carbocycles. The topological polar surface area (TPSA) is 85.9 Å². The highest BCUT2D eigenvalue weighted by Gasteiger charge is 2.32. The number of hydrogen-bond donors (Lipinski definition) is 3. The highest BCUT2D eigenvalue weighted by molar-refractivity contribution is 5.95. The van der Waals surface area contributed by atoms with Gasteiger partial charge >= 0.3 is 12.1 Å². The molecule has 3 saturated heterocycles. The standard InChI is InChI=1S/C20H29N5O3/c26-19(22-13-18(15-6-11-28-14-15)24-8-1-2-9-24)23-16-4-3-5-17(12-16)25-10-7-21-20(25)27/h3-5,12,15,18H,1-2,6-11,13-14H2,(H,21,27)(H2,22,23,26)/t15-,18+/m0/s1. The SMILES string of the molecule is O=C(NC[C@H]([C@H]1CCOC1)N1CCCC1)Nc1cccc(N2CCNC2=O)c1. The molecule has 4 amide bonds. The van der Waals surface area contributed by atoms with Gasteiger partial charge < -0.3 is 20.7 Å². The zero-order chi connectivity index (χ0) is 19.3. The summed E-state index contributed by atoms with van der Waals surface area (Å²) in [5.74, 6) is 0.482. The number of anilines is 2. The third-order valence-corrected chi connectivity index (χ3v) is 5.86. The number of urea groups is 2. The molecular formula is C20H29N5O3. The summed E-state index contributed by atoms with van der Waals surface area (Å²) in [7, 11) is 0. The monoisotopic (exact) mass is 387 g/mol. The summed E-state index contributed by atoms with van der Waals surface area (Å²) < 4.78 is 5.58. The maximum Gasteiger partial charge on any atom is 0.321 e. The first-order chi connectivity index (χ1) is 13.7. The first-order valence-electron chi connectivity index (χ1n) is 10.2. The van der Waals surface area contributed by atoms with Gasteiger partial charge in [-0.3, -0.25) is 9.80 Å². The second-order valence-electron chi connectivity index (χ2n) is 7.70. The molecule has 3 fully saturated rings. The van der Waals surface area contributed by atoms with E-state index in [0.717, 1.165) is 38.4 Å². The van der Waals surface area contributed by atoms with E-state index in [1.54, 1.807) is 4.90 Å². The number of carbonyl (C=O) groups excluding carboxylic acids is 2. The molecule has 8 heteroatoms. The van der Waals surface area contributed by atoms with E-state index in [1.165, 1.54) is 12.8 Å². The largest absolute Gasteiger partial charge is 0.381 e. The molecule has 0 radical (unpaired) electrons. The molecule has 3 N–H and O–H groups in total. The molecule has 0 bridgehead atoms. The van der Waals surface area contributed by atoms with Crippen LogP contribution < -0.4 is 20.9 Å². The molecule has 0 saturated carbocycles. The molecule has 152 valence electrons. The van der Waals surface area contributed by atoms with E-state index >= 15 is 0 Å². The van der Waals surface area contributed by atoms with E-state index in [-0.39, 0.29) is 12.1 Å². The van der Waals surface area contributed by atoms with E-state index in [1.807, 2.05) is 24.3 Å². The van der Waals surface area contributed by atoms with Crippen molar-refractivity contribution in [1.82, 2.24) is 15.5 Å². The van der Waals surface area contributed by atoms with E-state index < -0.39 is 0 Å². The molecule has 28 heavy (non-hydrogen) atoms. The summed E-state index contributed by atoms with van der Waals surface area (Å²) in [6.07, 6.45) is 3.52. The van der Waals surface area contributed by atoms with Crippen LogP contribution >= 0.6 is 0 Å². The van der Waals surface area contributed by atoms with Crippen LogP contribution in [0.5, 0.6) is 0 Å². The number of likely N-dealkylation sites (tertiary alicyclic amines) is 1. The average Bonchev–Trinajstić information content (AvgIpc) is 3.45. The number of nitrogens with zero attached hydrogens (tertiary/aromatic N) is 2. The van der Waals surface area contributed by atoms with Crippen molar-refractivity contribution in [3.05, 3.63) is 24.3 Å². The van der Waals surface area contributed by atoms with Crippen LogP contribution in [-0.2, 0) is 4.74 Å². The van der Waals surface area contributed by atoms with Gasteiger partial charge in [-0.2, -0.15) is 0 Å². The van der Waals surface area contributed by atoms with Crippen LogP contribution in [0, 0.1) is 5.92 Å². The first kappa shape index (κ1) is 19.0. The molecule has 1 aromatic rings. The van der Waals surface area contributed by atoms with Crippen molar-refractivity contribution >= 4 is 23.4 Å². The summed E-state index contributed by atoms with van der Waals surface area (Å²) in [5.41, 5.74) is 1.46. The van der Waals surface area contributed by atoms with Crippen LogP contribution in [0.25, 0.3) is 0 Å². The molecule has 0 aliphatic carbocycles. The van der Waals surface area contributed by atoms with Crippen molar-refractivity contribution < 1.29 is 14.3 Å². The van der Waals surface area contributed by atoms with Gasteiger partial charge in [0, 0.05) is 49.6 Å². The van der Waals surface area contributed by atoms with Crippen LogP contribution in [0.4, 0.5) is 21.0 Å². The Hall–Kier alpha value is -2.32. The summed E-state index contributed by atoms with van der Waals surface area (Å²) in [6, 6.07) is 7.39. The van der Waals surface area contributed by atoms with Gasteiger partial charge in [-0.1, -0.05) is 6.07 Å². The second-order valence-corrected chi connectivity index (χ2v) is 7.70. The van der Waals surface area contributed by atoms with E-state index in [4.69, 9.17) is 4.74 Å². The average molecular weight is 387 g/mol. The fourth-order valence-corrected chi connectivity index (χ4v) is 4.37. The Labute approximate surface area is 165 Å². The minimum absolute atomic E-state index is 0.103. The Morgan fingerprint density at radius 2 is 2.14 bits per heavy atom. The third-order valence-electron chi connectivity index (χ3n) is 5.86. The van der Waals surface area contributed by atoms with Crippen molar-refractivity contribution in [1.29, 1.82) is 0 Å². The van der Waals surface area contributed by atoms with Gasteiger partial charge in [0.15, 0.2) is 0 Å². The van der Waals surface area contributed by atoms with Crippen LogP contribution in [0.2, 0.25) is 0 Å². The predicted molar refractivity (Wildman–Crippen MR) is 108 cm³/mol. The zero-order valence-corrected chi connectivity index (χ0v) is 16.2. The highest BCUT2D eigenvalue weighted by Crippen LogP contribution is 2.24. The van der Waals surface area contributed by atoms with Crippen LogP contribution in [0.1, 0.15) is 19.3 Å². The van der Waals surface area contributed by atoms with Crippen molar-refractivity contribution in [3.8, 4) is 0 Å². The molecule has 8 nitrogen and oxygen atoms in total. The first-order valence-corrected chi connectivity index (χ1v) is 10.2. The van der Waals surface area contributed by atoms with E-state index in [0.29, 0.717) is 37.3 Å². The van der Waals surface area contributed by atoms with E-state index in [2.05, 4.69) is 20.9 Å². The number of benzene rings is 1. The van der Waals surface area contributed by atoms with E-state index in [9.17, 15) is 9.59 Å². The Balaban J connectivity index is 1.33. The normalized spacial score (nSPS) is 23.6. The van der Waals surface area contributed by atoms with Gasteiger partial charge in [-0.05, 0) is 50.6 Å². The fourth-order valence-electron chi connectivity index (χ4n) is 4.37. The number of rotatable bonds is 6. The maximum atomic E-state index is 12.5. The van der Waals surface area contributed by atoms with Gasteiger partial charge in [0.05, 0.1) is 6.61 Å². The van der Waals surface area contributed by atoms with Gasteiger partial charge in [-0.15, -0.1) is 0 Å². The second kappa shape index (κ2) is 8.79. The molecular weight excluding hydrogens is 358 g/mol. The highest BCUT2D eigenvalue weighted by atomic mass is 16.5. The molecule has 3 aliphatic heterocycles. The van der Waals surface area contributed by atoms with Gasteiger partial charge in [0.2, 0.25) is 0 Å². The summed E-state index contributed by atoms with van der Waals surface area (Å²) in [6.45, 7) is 5.70. The zero-order valence-electron chi connectivity index (χ0n) is 16.2. The summed E-state index contributed by atoms with van der Waals surface area (Å²) in [5, 5.41) is 8.73. The van der Waals surface area contributed by atoms with Crippen molar-refractivity contribution in [2.24, 2.45) is 5.92 Å². The molecule has 3 heterocycles. The van der Waals surface area contributed by atoms with Crippen LogP contribution in [-0.4, -0.2) is 68.9 Å². The number of nitrogens with one attached hydrogen (secondary N) is 3. The fraction of sp³-hybridized carbons (Fsp3) is 0.600. The predicted octanol–water partition coefficient (Wildman–Crippen LogP) is 1.84. The lowest BCUT2D eigenvalue weighted by atomic mass is 9.97. The van der Waals surface area contributed by atoms with Gasteiger partial charge in [0.1, 0.15) is 0 Å². The lowest BCUT2D eigenvalue weighted by Gasteiger charge is -2.32. The summed E-state index contributed by atoms with van der Waals surface area (Å²) in [4.78, 5) is 28.5. The molecule has 3 aliphatic rings. The smallest absolute Gasteiger partial charge is 0.321 e.